The van der Waals surface area contributed by atoms with E-state index < -0.39 is 15.8 Å². The highest BCUT2D eigenvalue weighted by Gasteiger charge is 2.29. The Morgan fingerprint density at radius 2 is 2.16 bits per heavy atom. The van der Waals surface area contributed by atoms with E-state index in [9.17, 15) is 18.5 Å². The van der Waals surface area contributed by atoms with E-state index in [-0.39, 0.29) is 40.3 Å². The number of halogens is 1. The van der Waals surface area contributed by atoms with Crippen LogP contribution in [0.15, 0.2) is 26.9 Å². The predicted octanol–water partition coefficient (Wildman–Crippen LogP) is 4.03. The first-order chi connectivity index (χ1) is 15.2. The van der Waals surface area contributed by atoms with Crippen LogP contribution in [0, 0.1) is 25.2 Å². The van der Waals surface area contributed by atoms with Crippen LogP contribution in [0.2, 0.25) is 5.02 Å². The Balaban J connectivity index is 1.66. The molecule has 0 fully saturated rings. The van der Waals surface area contributed by atoms with Crippen molar-refractivity contribution < 1.29 is 27.2 Å². The first kappa shape index (κ1) is 22.1. The molecule has 0 atom stereocenters. The molecule has 3 heterocycles. The largest absolute Gasteiger partial charge is 0.454 e. The molecular formula is C20H16ClN3O6S2. The van der Waals surface area contributed by atoms with Crippen molar-refractivity contribution >= 4 is 44.6 Å². The van der Waals surface area contributed by atoms with Gasteiger partial charge in [0.2, 0.25) is 6.79 Å². The van der Waals surface area contributed by atoms with Gasteiger partial charge in [0, 0.05) is 6.42 Å². The summed E-state index contributed by atoms with van der Waals surface area (Å²) in [6.07, 6.45) is -0.0364. The number of Topliss-reactive ketones (excluding diaryl/α,β-unsaturated/α-hetero) is 1. The summed E-state index contributed by atoms with van der Waals surface area (Å²) in [5.74, 6) is 0.398. The number of benzene rings is 1. The van der Waals surface area contributed by atoms with Crippen LogP contribution in [0.5, 0.6) is 11.5 Å². The summed E-state index contributed by atoms with van der Waals surface area (Å²) in [6, 6.07) is 5.10. The average molecular weight is 494 g/mol. The number of hydrogen-bond donors (Lipinski definition) is 1. The molecule has 9 nitrogen and oxygen atoms in total. The maximum atomic E-state index is 13.2. The number of nitrogens with one attached hydrogen (secondary N) is 1. The van der Waals surface area contributed by atoms with Gasteiger partial charge in [-0.15, -0.1) is 11.3 Å². The van der Waals surface area contributed by atoms with Crippen LogP contribution in [0.4, 0.5) is 5.88 Å². The fourth-order valence-corrected chi connectivity index (χ4v) is 5.91. The van der Waals surface area contributed by atoms with Crippen LogP contribution < -0.4 is 14.2 Å². The monoisotopic (exact) mass is 493 g/mol. The van der Waals surface area contributed by atoms with E-state index in [0.29, 0.717) is 33.9 Å². The van der Waals surface area contributed by atoms with Crippen LogP contribution in [0.1, 0.15) is 32.1 Å². The van der Waals surface area contributed by atoms with Gasteiger partial charge in [0.05, 0.1) is 17.4 Å². The SMILES string of the molecule is Cc1noc(NS(=O)(=O)c2ccsc2C(=O)Cc2c(CC#N)cc3c(c2C)OCO3)c1Cl. The van der Waals surface area contributed by atoms with Crippen molar-refractivity contribution in [2.45, 2.75) is 31.6 Å². The number of nitriles is 1. The van der Waals surface area contributed by atoms with Crippen LogP contribution in [-0.2, 0) is 22.9 Å². The number of ketones is 1. The minimum Gasteiger partial charge on any atom is -0.454 e. The summed E-state index contributed by atoms with van der Waals surface area (Å²) in [5.41, 5.74) is 2.25. The van der Waals surface area contributed by atoms with Crippen molar-refractivity contribution in [2.24, 2.45) is 0 Å². The van der Waals surface area contributed by atoms with E-state index in [2.05, 4.69) is 15.9 Å². The second-order valence-corrected chi connectivity index (χ2v) is 9.88. The van der Waals surface area contributed by atoms with Crippen LogP contribution in [0.3, 0.4) is 0 Å². The molecule has 0 bridgehead atoms. The Hall–Kier alpha value is -3.07. The number of carbonyl (C=O) groups is 1. The number of carbonyl (C=O) groups excluding carboxylic acids is 1. The van der Waals surface area contributed by atoms with E-state index in [1.54, 1.807) is 19.9 Å². The molecule has 1 aliphatic heterocycles. The molecule has 1 aliphatic rings. The molecule has 0 aliphatic carbocycles. The zero-order valence-corrected chi connectivity index (χ0v) is 19.3. The second kappa shape index (κ2) is 8.46. The number of anilines is 1. The molecule has 0 radical (unpaired) electrons. The average Bonchev–Trinajstić information content (AvgIpc) is 3.48. The van der Waals surface area contributed by atoms with Gasteiger partial charge >= 0.3 is 0 Å². The zero-order chi connectivity index (χ0) is 23.0. The number of rotatable bonds is 7. The maximum absolute atomic E-state index is 13.2. The highest BCUT2D eigenvalue weighted by molar-refractivity contribution is 7.93. The lowest BCUT2D eigenvalue weighted by atomic mass is 9.94. The van der Waals surface area contributed by atoms with Gasteiger partial charge in [-0.3, -0.25) is 4.79 Å². The van der Waals surface area contributed by atoms with Gasteiger partial charge < -0.3 is 14.0 Å². The van der Waals surface area contributed by atoms with Crippen LogP contribution in [0.25, 0.3) is 0 Å². The van der Waals surface area contributed by atoms with Crippen molar-refractivity contribution in [3.05, 3.63) is 49.8 Å². The second-order valence-electron chi connectivity index (χ2n) is 6.94. The molecule has 0 saturated heterocycles. The van der Waals surface area contributed by atoms with E-state index in [1.807, 2.05) is 0 Å². The lowest BCUT2D eigenvalue weighted by molar-refractivity contribution is 0.0993. The molecule has 1 aromatic carbocycles. The fourth-order valence-electron chi connectivity index (χ4n) is 3.35. The predicted molar refractivity (Wildman–Crippen MR) is 116 cm³/mol. The van der Waals surface area contributed by atoms with Crippen LogP contribution >= 0.6 is 22.9 Å². The number of ether oxygens (including phenoxy) is 2. The van der Waals surface area contributed by atoms with Gasteiger partial charge in [-0.2, -0.15) is 5.26 Å². The molecular weight excluding hydrogens is 478 g/mol. The zero-order valence-electron chi connectivity index (χ0n) is 16.9. The minimum absolute atomic E-state index is 0.0359. The normalized spacial score (nSPS) is 12.6. The third-order valence-corrected chi connectivity index (χ3v) is 7.83. The molecule has 0 unspecified atom stereocenters. The summed E-state index contributed by atoms with van der Waals surface area (Å²) >= 11 is 7.01. The molecule has 3 aromatic rings. The third kappa shape index (κ3) is 3.92. The van der Waals surface area contributed by atoms with Gasteiger partial charge in [-0.05, 0) is 48.1 Å². The highest BCUT2D eigenvalue weighted by atomic mass is 35.5. The summed E-state index contributed by atoms with van der Waals surface area (Å²) in [7, 11) is -4.16. The molecule has 0 amide bonds. The van der Waals surface area contributed by atoms with Crippen molar-refractivity contribution in [2.75, 3.05) is 11.5 Å². The number of sulfonamides is 1. The lowest BCUT2D eigenvalue weighted by Gasteiger charge is -2.13. The summed E-state index contributed by atoms with van der Waals surface area (Å²) in [4.78, 5) is 13.0. The van der Waals surface area contributed by atoms with Crippen molar-refractivity contribution in [1.82, 2.24) is 5.16 Å². The van der Waals surface area contributed by atoms with Crippen molar-refractivity contribution in [3.8, 4) is 17.6 Å². The summed E-state index contributed by atoms with van der Waals surface area (Å²) in [5, 5.41) is 14.4. The van der Waals surface area contributed by atoms with E-state index >= 15 is 0 Å². The summed E-state index contributed by atoms with van der Waals surface area (Å²) in [6.45, 7) is 3.40. The Kier molecular flexibility index (Phi) is 5.85. The quantitative estimate of drug-likeness (QED) is 0.488. The first-order valence-electron chi connectivity index (χ1n) is 9.26. The Morgan fingerprint density at radius 1 is 1.38 bits per heavy atom. The van der Waals surface area contributed by atoms with Gasteiger partial charge in [-0.1, -0.05) is 16.8 Å². The maximum Gasteiger partial charge on any atom is 0.265 e. The number of aromatic nitrogens is 1. The summed E-state index contributed by atoms with van der Waals surface area (Å²) < 4.78 is 43.9. The number of thiophene rings is 1. The Morgan fingerprint density at radius 3 is 2.84 bits per heavy atom. The molecule has 1 N–H and O–H groups in total. The molecule has 2 aromatic heterocycles. The fraction of sp³-hybridized carbons (Fsp3) is 0.250. The number of nitrogens with zero attached hydrogens (tertiary/aromatic N) is 2. The molecule has 4 rings (SSSR count). The molecule has 0 spiro atoms. The third-order valence-electron chi connectivity index (χ3n) is 4.92. The standard InChI is InChI=1S/C20H16ClN3O6S2/c1-10-13(12(3-5-22)7-15-18(10)29-9-28-15)8-14(25)19-16(4-6-31-19)32(26,27)24-20-17(21)11(2)23-30-20/h4,6-7,24H,3,8-9H2,1-2H3. The smallest absolute Gasteiger partial charge is 0.265 e. The number of aryl methyl sites for hydroxylation is 1. The van der Waals surface area contributed by atoms with E-state index in [1.165, 1.54) is 11.4 Å². The molecule has 32 heavy (non-hydrogen) atoms. The lowest BCUT2D eigenvalue weighted by Crippen LogP contribution is -2.16. The highest BCUT2D eigenvalue weighted by Crippen LogP contribution is 2.40. The van der Waals surface area contributed by atoms with Gasteiger partial charge in [0.15, 0.2) is 17.3 Å². The topological polar surface area (TPSA) is 132 Å². The Bertz CT molecular complexity index is 1370. The Labute approximate surface area is 192 Å². The van der Waals surface area contributed by atoms with Gasteiger partial charge in [0.1, 0.15) is 15.6 Å². The van der Waals surface area contributed by atoms with Crippen LogP contribution in [-0.4, -0.2) is 26.2 Å². The molecule has 0 saturated carbocycles. The van der Waals surface area contributed by atoms with Crippen molar-refractivity contribution in [3.63, 3.8) is 0 Å². The van der Waals surface area contributed by atoms with Crippen molar-refractivity contribution in [1.29, 1.82) is 5.26 Å². The van der Waals surface area contributed by atoms with Gasteiger partial charge in [0.25, 0.3) is 15.9 Å². The van der Waals surface area contributed by atoms with E-state index in [0.717, 1.165) is 11.3 Å². The molecule has 12 heteroatoms. The van der Waals surface area contributed by atoms with Gasteiger partial charge in [-0.25, -0.2) is 13.1 Å². The number of hydrogen-bond acceptors (Lipinski definition) is 9. The number of fused-ring (bicyclic) bond motifs is 1. The molecule has 166 valence electrons. The first-order valence-corrected chi connectivity index (χ1v) is 12.0. The van der Waals surface area contributed by atoms with E-state index in [4.69, 9.17) is 25.6 Å². The minimum atomic E-state index is -4.16.